The lowest BCUT2D eigenvalue weighted by atomic mass is 10.2. The molecule has 170 valence electrons. The predicted molar refractivity (Wildman–Crippen MR) is 139 cm³/mol. The molecule has 1 saturated heterocycles. The standard InChI is InChI=1S/C26H24ClN7/c1-18-5-4-6-20(27)25(18)31-26-23-16-28-17-34(23)22-15-19(8-9-21(22)30-26)32-11-13-33(14-12-32)24-7-2-3-10-29-24/h2-10,15-17H,11-14H2,1H3,(H,30,31). The van der Waals surface area contributed by atoms with Crippen LogP contribution in [0.4, 0.5) is 23.0 Å². The second kappa shape index (κ2) is 8.50. The molecule has 4 heterocycles. The first-order chi connectivity index (χ1) is 16.7. The smallest absolute Gasteiger partial charge is 0.157 e. The molecule has 0 saturated carbocycles. The van der Waals surface area contributed by atoms with Crippen LogP contribution in [-0.2, 0) is 0 Å². The fourth-order valence-corrected chi connectivity index (χ4v) is 4.84. The van der Waals surface area contributed by atoms with E-state index in [4.69, 9.17) is 16.6 Å². The largest absolute Gasteiger partial charge is 0.368 e. The molecule has 5 aromatic rings. The van der Waals surface area contributed by atoms with Gasteiger partial charge in [0, 0.05) is 38.1 Å². The molecule has 1 N–H and O–H groups in total. The molecule has 0 radical (unpaired) electrons. The lowest BCUT2D eigenvalue weighted by Gasteiger charge is -2.36. The predicted octanol–water partition coefficient (Wildman–Crippen LogP) is 5.31. The third-order valence-corrected chi connectivity index (χ3v) is 6.73. The van der Waals surface area contributed by atoms with Crippen LogP contribution in [0.1, 0.15) is 5.56 Å². The zero-order valence-corrected chi connectivity index (χ0v) is 19.6. The number of aromatic nitrogens is 4. The van der Waals surface area contributed by atoms with Crippen molar-refractivity contribution < 1.29 is 0 Å². The Morgan fingerprint density at radius 3 is 2.56 bits per heavy atom. The minimum atomic E-state index is 0.666. The highest BCUT2D eigenvalue weighted by Gasteiger charge is 2.19. The fraction of sp³-hybridized carbons (Fsp3) is 0.192. The molecule has 0 spiro atoms. The van der Waals surface area contributed by atoms with Crippen molar-refractivity contribution in [1.82, 2.24) is 19.4 Å². The molecular weight excluding hydrogens is 446 g/mol. The Kier molecular flexibility index (Phi) is 5.19. The number of benzene rings is 2. The number of imidazole rings is 1. The molecule has 34 heavy (non-hydrogen) atoms. The van der Waals surface area contributed by atoms with Crippen LogP contribution in [0.15, 0.2) is 73.3 Å². The molecule has 6 rings (SSSR count). The van der Waals surface area contributed by atoms with E-state index in [1.54, 1.807) is 0 Å². The van der Waals surface area contributed by atoms with Crippen LogP contribution in [0.3, 0.4) is 0 Å². The van der Waals surface area contributed by atoms with Gasteiger partial charge in [0.05, 0.1) is 34.3 Å². The summed E-state index contributed by atoms with van der Waals surface area (Å²) >= 11 is 6.45. The summed E-state index contributed by atoms with van der Waals surface area (Å²) in [6, 6.07) is 18.4. The van der Waals surface area contributed by atoms with Gasteiger partial charge < -0.3 is 15.1 Å². The number of rotatable bonds is 4. The van der Waals surface area contributed by atoms with E-state index in [9.17, 15) is 0 Å². The number of pyridine rings is 1. The lowest BCUT2D eigenvalue weighted by Crippen LogP contribution is -2.46. The maximum absolute atomic E-state index is 6.45. The zero-order valence-electron chi connectivity index (χ0n) is 18.8. The Hall–Kier alpha value is -3.84. The van der Waals surface area contributed by atoms with Crippen LogP contribution in [0.5, 0.6) is 0 Å². The van der Waals surface area contributed by atoms with Gasteiger partial charge in [-0.25, -0.2) is 15.0 Å². The van der Waals surface area contributed by atoms with Gasteiger partial charge in [0.25, 0.3) is 0 Å². The summed E-state index contributed by atoms with van der Waals surface area (Å²) in [5.74, 6) is 1.77. The number of piperazine rings is 1. The van der Waals surface area contributed by atoms with Gasteiger partial charge >= 0.3 is 0 Å². The van der Waals surface area contributed by atoms with Gasteiger partial charge in [0.2, 0.25) is 0 Å². The number of halogens is 1. The summed E-state index contributed by atoms with van der Waals surface area (Å²) in [5.41, 5.74) is 5.94. The average molecular weight is 470 g/mol. The van der Waals surface area contributed by atoms with Crippen LogP contribution >= 0.6 is 11.6 Å². The molecule has 1 aliphatic heterocycles. The van der Waals surface area contributed by atoms with Crippen LogP contribution < -0.4 is 15.1 Å². The summed E-state index contributed by atoms with van der Waals surface area (Å²) < 4.78 is 2.09. The second-order valence-corrected chi connectivity index (χ2v) is 8.91. The quantitative estimate of drug-likeness (QED) is 0.385. The third-order valence-electron chi connectivity index (χ3n) is 6.42. The van der Waals surface area contributed by atoms with Crippen molar-refractivity contribution in [1.29, 1.82) is 0 Å². The van der Waals surface area contributed by atoms with E-state index < -0.39 is 0 Å². The van der Waals surface area contributed by atoms with Crippen molar-refractivity contribution in [3.8, 4) is 0 Å². The minimum Gasteiger partial charge on any atom is -0.368 e. The topological polar surface area (TPSA) is 61.6 Å². The maximum Gasteiger partial charge on any atom is 0.157 e. The molecule has 0 aliphatic carbocycles. The van der Waals surface area contributed by atoms with E-state index in [0.717, 1.165) is 65.6 Å². The Morgan fingerprint density at radius 2 is 1.76 bits per heavy atom. The van der Waals surface area contributed by atoms with Crippen molar-refractivity contribution in [2.75, 3.05) is 41.3 Å². The van der Waals surface area contributed by atoms with Crippen molar-refractivity contribution in [3.63, 3.8) is 0 Å². The SMILES string of the molecule is Cc1cccc(Cl)c1Nc1nc2ccc(N3CCN(c4ccccn4)CC3)cc2n2cncc12. The van der Waals surface area contributed by atoms with Gasteiger partial charge in [-0.05, 0) is 48.9 Å². The molecule has 0 unspecified atom stereocenters. The summed E-state index contributed by atoms with van der Waals surface area (Å²) in [4.78, 5) is 18.6. The number of para-hydroxylation sites is 1. The second-order valence-electron chi connectivity index (χ2n) is 8.50. The molecule has 0 amide bonds. The Labute approximate surface area is 202 Å². The highest BCUT2D eigenvalue weighted by molar-refractivity contribution is 6.33. The minimum absolute atomic E-state index is 0.666. The molecule has 7 nitrogen and oxygen atoms in total. The van der Waals surface area contributed by atoms with Crippen LogP contribution in [0, 0.1) is 6.92 Å². The Bertz CT molecular complexity index is 1450. The zero-order chi connectivity index (χ0) is 23.1. The molecule has 1 fully saturated rings. The summed E-state index contributed by atoms with van der Waals surface area (Å²) in [7, 11) is 0. The van der Waals surface area contributed by atoms with Crippen LogP contribution in [0.25, 0.3) is 16.6 Å². The van der Waals surface area contributed by atoms with Crippen LogP contribution in [-0.4, -0.2) is 45.5 Å². The third kappa shape index (κ3) is 3.68. The lowest BCUT2D eigenvalue weighted by molar-refractivity contribution is 0.647. The molecular formula is C26H24ClN7. The van der Waals surface area contributed by atoms with Gasteiger partial charge in [-0.3, -0.25) is 4.40 Å². The van der Waals surface area contributed by atoms with E-state index in [0.29, 0.717) is 5.02 Å². The van der Waals surface area contributed by atoms with Crippen molar-refractivity contribution in [3.05, 3.63) is 83.9 Å². The van der Waals surface area contributed by atoms with Gasteiger partial charge in [-0.1, -0.05) is 29.8 Å². The maximum atomic E-state index is 6.45. The first-order valence-corrected chi connectivity index (χ1v) is 11.7. The number of nitrogens with zero attached hydrogens (tertiary/aromatic N) is 6. The number of hydrogen-bond donors (Lipinski definition) is 1. The first kappa shape index (κ1) is 20.7. The van der Waals surface area contributed by atoms with Crippen molar-refractivity contribution in [2.24, 2.45) is 0 Å². The number of anilines is 4. The van der Waals surface area contributed by atoms with Gasteiger partial charge in [-0.15, -0.1) is 0 Å². The van der Waals surface area contributed by atoms with E-state index in [-0.39, 0.29) is 0 Å². The molecule has 3 aromatic heterocycles. The highest BCUT2D eigenvalue weighted by Crippen LogP contribution is 2.32. The summed E-state index contributed by atoms with van der Waals surface area (Å²) in [6.07, 6.45) is 5.52. The first-order valence-electron chi connectivity index (χ1n) is 11.4. The van der Waals surface area contributed by atoms with Gasteiger partial charge in [0.15, 0.2) is 5.82 Å². The Morgan fingerprint density at radius 1 is 0.912 bits per heavy atom. The number of aryl methyl sites for hydroxylation is 1. The number of nitrogens with one attached hydrogen (secondary N) is 1. The van der Waals surface area contributed by atoms with Gasteiger partial charge in [-0.2, -0.15) is 0 Å². The molecule has 0 atom stereocenters. The van der Waals surface area contributed by atoms with E-state index in [2.05, 4.69) is 53.8 Å². The molecule has 0 bridgehead atoms. The van der Waals surface area contributed by atoms with Crippen molar-refractivity contribution in [2.45, 2.75) is 6.92 Å². The summed E-state index contributed by atoms with van der Waals surface area (Å²) in [5, 5.41) is 4.10. The number of fused-ring (bicyclic) bond motifs is 3. The van der Waals surface area contributed by atoms with E-state index in [1.165, 1.54) is 5.69 Å². The Balaban J connectivity index is 1.31. The van der Waals surface area contributed by atoms with Crippen LogP contribution in [0.2, 0.25) is 5.02 Å². The fourth-order valence-electron chi connectivity index (χ4n) is 4.57. The molecule has 1 aliphatic rings. The molecule has 2 aromatic carbocycles. The van der Waals surface area contributed by atoms with E-state index >= 15 is 0 Å². The van der Waals surface area contributed by atoms with Crippen molar-refractivity contribution >= 4 is 51.2 Å². The highest BCUT2D eigenvalue weighted by atomic mass is 35.5. The normalized spacial score (nSPS) is 14.2. The average Bonchev–Trinajstić information content (AvgIpc) is 3.38. The van der Waals surface area contributed by atoms with Gasteiger partial charge in [0.1, 0.15) is 11.3 Å². The monoisotopic (exact) mass is 469 g/mol. The number of hydrogen-bond acceptors (Lipinski definition) is 6. The van der Waals surface area contributed by atoms with E-state index in [1.807, 2.05) is 56.0 Å². The molecule has 8 heteroatoms. The summed E-state index contributed by atoms with van der Waals surface area (Å²) in [6.45, 7) is 5.78.